The van der Waals surface area contributed by atoms with E-state index in [4.69, 9.17) is 19.2 Å². The molecule has 0 saturated carbocycles. The topological polar surface area (TPSA) is 64.1 Å². The molecule has 168 valence electrons. The molecule has 3 rings (SSSR count). The van der Waals surface area contributed by atoms with E-state index in [-0.39, 0.29) is 6.10 Å². The lowest BCUT2D eigenvalue weighted by Crippen LogP contribution is -2.42. The lowest BCUT2D eigenvalue weighted by Gasteiger charge is -2.32. The lowest BCUT2D eigenvalue weighted by molar-refractivity contribution is -0.0265. The van der Waals surface area contributed by atoms with Crippen molar-refractivity contribution in [3.05, 3.63) is 59.2 Å². The number of hydrogen-bond acceptors (Lipinski definition) is 4. The molecule has 2 aromatic rings. The van der Waals surface area contributed by atoms with Crippen molar-refractivity contribution in [1.82, 2.24) is 10.6 Å². The fourth-order valence-corrected chi connectivity index (χ4v) is 3.90. The third-order valence-corrected chi connectivity index (χ3v) is 5.59. The highest BCUT2D eigenvalue weighted by molar-refractivity contribution is 5.79. The van der Waals surface area contributed by atoms with Crippen LogP contribution in [0.2, 0.25) is 0 Å². The summed E-state index contributed by atoms with van der Waals surface area (Å²) in [5.41, 5.74) is 3.59. The van der Waals surface area contributed by atoms with Gasteiger partial charge in [0.2, 0.25) is 0 Å². The lowest BCUT2D eigenvalue weighted by atomic mass is 9.89. The first-order valence-corrected chi connectivity index (χ1v) is 11.1. The van der Waals surface area contributed by atoms with E-state index in [1.165, 1.54) is 11.1 Å². The number of aliphatic imine (C=N–C) groups is 1. The van der Waals surface area contributed by atoms with Crippen molar-refractivity contribution in [2.75, 3.05) is 33.9 Å². The number of hydrogen-bond donors (Lipinski definition) is 2. The summed E-state index contributed by atoms with van der Waals surface area (Å²) in [5, 5.41) is 6.87. The van der Waals surface area contributed by atoms with E-state index in [2.05, 4.69) is 48.7 Å². The third kappa shape index (κ3) is 6.37. The van der Waals surface area contributed by atoms with E-state index in [9.17, 15) is 0 Å². The van der Waals surface area contributed by atoms with Crippen LogP contribution < -0.4 is 20.1 Å². The zero-order valence-electron chi connectivity index (χ0n) is 19.1. The zero-order valence-corrected chi connectivity index (χ0v) is 19.1. The van der Waals surface area contributed by atoms with Crippen LogP contribution >= 0.6 is 0 Å². The van der Waals surface area contributed by atoms with Crippen LogP contribution in [0.4, 0.5) is 0 Å². The first-order valence-electron chi connectivity index (χ1n) is 11.1. The maximum Gasteiger partial charge on any atom is 0.191 e. The van der Waals surface area contributed by atoms with E-state index in [0.29, 0.717) is 18.2 Å². The molecule has 2 aromatic carbocycles. The van der Waals surface area contributed by atoms with Crippen molar-refractivity contribution in [1.29, 1.82) is 0 Å². The third-order valence-electron chi connectivity index (χ3n) is 5.59. The predicted octanol–water partition coefficient (Wildman–Crippen LogP) is 4.24. The van der Waals surface area contributed by atoms with Crippen LogP contribution in [0.15, 0.2) is 47.5 Å². The monoisotopic (exact) mass is 425 g/mol. The number of benzene rings is 2. The Balaban J connectivity index is 1.65. The molecular formula is C25H35N3O3. The summed E-state index contributed by atoms with van der Waals surface area (Å²) in [5.74, 6) is 2.65. The SMILES string of the molecule is CCNC(=NCc1ccc(OC)c(OC)c1)NCC1CCCOC1c1ccc(C)cc1. The molecule has 6 nitrogen and oxygen atoms in total. The molecule has 0 spiro atoms. The molecule has 0 bridgehead atoms. The fourth-order valence-electron chi connectivity index (χ4n) is 3.90. The average molecular weight is 426 g/mol. The van der Waals surface area contributed by atoms with E-state index >= 15 is 0 Å². The van der Waals surface area contributed by atoms with E-state index in [0.717, 1.165) is 49.8 Å². The Labute approximate surface area is 186 Å². The van der Waals surface area contributed by atoms with E-state index < -0.39 is 0 Å². The Bertz CT molecular complexity index is 852. The van der Waals surface area contributed by atoms with Gasteiger partial charge in [-0.15, -0.1) is 0 Å². The minimum atomic E-state index is 0.121. The molecule has 1 saturated heterocycles. The highest BCUT2D eigenvalue weighted by Crippen LogP contribution is 2.33. The van der Waals surface area contributed by atoms with Gasteiger partial charge >= 0.3 is 0 Å². The van der Waals surface area contributed by atoms with Crippen LogP contribution in [0.3, 0.4) is 0 Å². The van der Waals surface area contributed by atoms with Crippen LogP contribution in [-0.2, 0) is 11.3 Å². The highest BCUT2D eigenvalue weighted by atomic mass is 16.5. The number of ether oxygens (including phenoxy) is 3. The number of nitrogens with one attached hydrogen (secondary N) is 2. The van der Waals surface area contributed by atoms with Gasteiger partial charge in [0.25, 0.3) is 0 Å². The molecular weight excluding hydrogens is 390 g/mol. The molecule has 0 aliphatic carbocycles. The number of nitrogens with zero attached hydrogens (tertiary/aromatic N) is 1. The Hall–Kier alpha value is -2.73. The molecule has 0 aromatic heterocycles. The number of methoxy groups -OCH3 is 2. The number of rotatable bonds is 8. The summed E-state index contributed by atoms with van der Waals surface area (Å²) in [6.45, 7) is 7.19. The Morgan fingerprint density at radius 2 is 1.84 bits per heavy atom. The molecule has 1 fully saturated rings. The number of aryl methyl sites for hydroxylation is 1. The summed E-state index contributed by atoms with van der Waals surface area (Å²) in [6.07, 6.45) is 2.35. The van der Waals surface area contributed by atoms with Gasteiger partial charge in [-0.3, -0.25) is 0 Å². The van der Waals surface area contributed by atoms with Gasteiger partial charge in [-0.2, -0.15) is 0 Å². The maximum absolute atomic E-state index is 6.16. The molecule has 6 heteroatoms. The molecule has 2 N–H and O–H groups in total. The molecule has 0 radical (unpaired) electrons. The van der Waals surface area contributed by atoms with Crippen LogP contribution in [-0.4, -0.2) is 39.9 Å². The normalized spacial score (nSPS) is 19.0. The average Bonchev–Trinajstić information content (AvgIpc) is 2.81. The first-order chi connectivity index (χ1) is 15.1. The highest BCUT2D eigenvalue weighted by Gasteiger charge is 2.27. The van der Waals surface area contributed by atoms with Gasteiger partial charge in [0.15, 0.2) is 17.5 Å². The minimum Gasteiger partial charge on any atom is -0.493 e. The molecule has 2 unspecified atom stereocenters. The van der Waals surface area contributed by atoms with Gasteiger partial charge in [-0.1, -0.05) is 35.9 Å². The van der Waals surface area contributed by atoms with Crippen molar-refractivity contribution in [3.8, 4) is 11.5 Å². The van der Waals surface area contributed by atoms with Gasteiger partial charge in [0, 0.05) is 25.6 Å². The fraction of sp³-hybridized carbons (Fsp3) is 0.480. The quantitative estimate of drug-likeness (QED) is 0.489. The van der Waals surface area contributed by atoms with Gasteiger partial charge in [-0.05, 0) is 49.9 Å². The first kappa shape index (κ1) is 22.9. The van der Waals surface area contributed by atoms with E-state index in [1.807, 2.05) is 18.2 Å². The maximum atomic E-state index is 6.16. The minimum absolute atomic E-state index is 0.121. The van der Waals surface area contributed by atoms with Gasteiger partial charge in [0.05, 0.1) is 26.9 Å². The second-order valence-electron chi connectivity index (χ2n) is 7.87. The number of guanidine groups is 1. The summed E-state index contributed by atoms with van der Waals surface area (Å²) in [6, 6.07) is 14.6. The van der Waals surface area contributed by atoms with E-state index in [1.54, 1.807) is 14.2 Å². The van der Waals surface area contributed by atoms with Crippen molar-refractivity contribution in [2.24, 2.45) is 10.9 Å². The Kier molecular flexibility index (Phi) is 8.59. The summed E-state index contributed by atoms with van der Waals surface area (Å²) >= 11 is 0. The van der Waals surface area contributed by atoms with Crippen molar-refractivity contribution >= 4 is 5.96 Å². The largest absolute Gasteiger partial charge is 0.493 e. The van der Waals surface area contributed by atoms with Crippen molar-refractivity contribution in [3.63, 3.8) is 0 Å². The second-order valence-corrected chi connectivity index (χ2v) is 7.87. The summed E-state index contributed by atoms with van der Waals surface area (Å²) < 4.78 is 16.9. The zero-order chi connectivity index (χ0) is 22.1. The standard InChI is InChI=1S/C25H35N3O3/c1-5-26-25(27-16-19-10-13-22(29-3)23(15-19)30-4)28-17-21-7-6-14-31-24(21)20-11-8-18(2)9-12-20/h8-13,15,21,24H,5-7,14,16-17H2,1-4H3,(H2,26,27,28). The Morgan fingerprint density at radius 1 is 1.06 bits per heavy atom. The van der Waals surface area contributed by atoms with Crippen molar-refractivity contribution < 1.29 is 14.2 Å². The molecule has 31 heavy (non-hydrogen) atoms. The van der Waals surface area contributed by atoms with Crippen LogP contribution in [0.5, 0.6) is 11.5 Å². The second kappa shape index (κ2) is 11.6. The molecule has 1 heterocycles. The van der Waals surface area contributed by atoms with Gasteiger partial charge in [-0.25, -0.2) is 4.99 Å². The molecule has 0 amide bonds. The van der Waals surface area contributed by atoms with Crippen LogP contribution in [0.1, 0.15) is 42.6 Å². The molecule has 1 aliphatic rings. The van der Waals surface area contributed by atoms with Crippen LogP contribution in [0.25, 0.3) is 0 Å². The molecule has 1 aliphatic heterocycles. The van der Waals surface area contributed by atoms with Gasteiger partial charge < -0.3 is 24.8 Å². The van der Waals surface area contributed by atoms with Crippen molar-refractivity contribution in [2.45, 2.75) is 39.3 Å². The van der Waals surface area contributed by atoms with Gasteiger partial charge in [0.1, 0.15) is 0 Å². The summed E-state index contributed by atoms with van der Waals surface area (Å²) in [4.78, 5) is 4.77. The Morgan fingerprint density at radius 3 is 2.55 bits per heavy atom. The molecule has 2 atom stereocenters. The summed E-state index contributed by atoms with van der Waals surface area (Å²) in [7, 11) is 3.29. The predicted molar refractivity (Wildman–Crippen MR) is 125 cm³/mol. The smallest absolute Gasteiger partial charge is 0.191 e. The van der Waals surface area contributed by atoms with Crippen LogP contribution in [0, 0.1) is 12.8 Å².